The summed E-state index contributed by atoms with van der Waals surface area (Å²) in [6.07, 6.45) is 8.93. The monoisotopic (exact) mass is 443 g/mol. The first-order chi connectivity index (χ1) is 14.6. The van der Waals surface area contributed by atoms with Crippen molar-refractivity contribution in [1.29, 1.82) is 0 Å². The van der Waals surface area contributed by atoms with Gasteiger partial charge in [-0.1, -0.05) is 25.2 Å². The Morgan fingerprint density at radius 1 is 1.20 bits per heavy atom. The molecule has 1 aliphatic heterocycles. The Morgan fingerprint density at radius 2 is 1.97 bits per heavy atom. The third-order valence-corrected chi connectivity index (χ3v) is 7.95. The van der Waals surface area contributed by atoms with Crippen molar-refractivity contribution in [3.8, 4) is 5.75 Å². The number of thiazole rings is 1. The molecule has 0 saturated carbocycles. The van der Waals surface area contributed by atoms with Gasteiger partial charge < -0.3 is 4.74 Å². The standard InChI is InChI=1S/C23H29N3O2S2/c1-18-3-5-19(6-4-18)15-20-17-29-23(24-20)16-25-11-13-26(14-12-25)30(27)22-9-7-21(28-2)8-10-22/h3,5-10,17-18H,4,11-16H2,1-2H3. The van der Waals surface area contributed by atoms with E-state index in [1.807, 2.05) is 24.3 Å². The van der Waals surface area contributed by atoms with Gasteiger partial charge in [-0.2, -0.15) is 0 Å². The van der Waals surface area contributed by atoms with Crippen molar-refractivity contribution in [1.82, 2.24) is 14.2 Å². The molecule has 1 aliphatic carbocycles. The third-order valence-electron chi connectivity index (χ3n) is 5.56. The van der Waals surface area contributed by atoms with Crippen LogP contribution in [0.3, 0.4) is 0 Å². The number of nitrogens with zero attached hydrogens (tertiary/aromatic N) is 3. The average Bonchev–Trinajstić information content (AvgIpc) is 3.22. The highest BCUT2D eigenvalue weighted by Gasteiger charge is 2.23. The molecule has 1 aromatic heterocycles. The van der Waals surface area contributed by atoms with Gasteiger partial charge in [0, 0.05) is 38.0 Å². The zero-order chi connectivity index (χ0) is 20.9. The van der Waals surface area contributed by atoms with E-state index in [9.17, 15) is 4.21 Å². The lowest BCUT2D eigenvalue weighted by molar-refractivity contribution is 0.185. The van der Waals surface area contributed by atoms with Crippen LogP contribution in [0, 0.1) is 5.92 Å². The van der Waals surface area contributed by atoms with E-state index in [4.69, 9.17) is 9.72 Å². The summed E-state index contributed by atoms with van der Waals surface area (Å²) < 4.78 is 20.1. The van der Waals surface area contributed by atoms with E-state index < -0.39 is 11.0 Å². The minimum atomic E-state index is -1.12. The molecule has 7 heteroatoms. The van der Waals surface area contributed by atoms with Gasteiger partial charge in [-0.15, -0.1) is 11.3 Å². The molecule has 2 aliphatic rings. The van der Waals surface area contributed by atoms with E-state index in [1.54, 1.807) is 18.4 Å². The van der Waals surface area contributed by atoms with Crippen LogP contribution in [0.25, 0.3) is 0 Å². The minimum Gasteiger partial charge on any atom is -0.497 e. The fraction of sp³-hybridized carbons (Fsp3) is 0.435. The van der Waals surface area contributed by atoms with Crippen LogP contribution in [0.2, 0.25) is 0 Å². The van der Waals surface area contributed by atoms with Crippen LogP contribution >= 0.6 is 11.3 Å². The fourth-order valence-electron chi connectivity index (χ4n) is 3.70. The Morgan fingerprint density at radius 3 is 2.63 bits per heavy atom. The van der Waals surface area contributed by atoms with E-state index in [2.05, 4.69) is 39.7 Å². The number of piperazine rings is 1. The largest absolute Gasteiger partial charge is 0.497 e. The van der Waals surface area contributed by atoms with Crippen molar-refractivity contribution in [2.75, 3.05) is 33.3 Å². The molecule has 5 nitrogen and oxygen atoms in total. The van der Waals surface area contributed by atoms with Gasteiger partial charge in [0.1, 0.15) is 21.7 Å². The molecule has 0 bridgehead atoms. The van der Waals surface area contributed by atoms with Crippen LogP contribution < -0.4 is 4.74 Å². The molecule has 2 aromatic rings. The highest BCUT2D eigenvalue weighted by Crippen LogP contribution is 2.22. The van der Waals surface area contributed by atoms with E-state index in [1.165, 1.54) is 16.3 Å². The molecule has 30 heavy (non-hydrogen) atoms. The van der Waals surface area contributed by atoms with Crippen LogP contribution in [0.5, 0.6) is 5.75 Å². The Balaban J connectivity index is 1.26. The Bertz CT molecular complexity index is 928. The number of aromatic nitrogens is 1. The predicted octanol–water partition coefficient (Wildman–Crippen LogP) is 4.06. The topological polar surface area (TPSA) is 45.7 Å². The summed E-state index contributed by atoms with van der Waals surface area (Å²) >= 11 is 1.75. The predicted molar refractivity (Wildman–Crippen MR) is 123 cm³/mol. The van der Waals surface area contributed by atoms with Crippen molar-refractivity contribution in [2.24, 2.45) is 5.92 Å². The van der Waals surface area contributed by atoms with Crippen LogP contribution in [0.4, 0.5) is 0 Å². The van der Waals surface area contributed by atoms with Gasteiger partial charge in [-0.05, 0) is 42.2 Å². The van der Waals surface area contributed by atoms with E-state index >= 15 is 0 Å². The lowest BCUT2D eigenvalue weighted by atomic mass is 9.96. The first kappa shape index (κ1) is 21.4. The summed E-state index contributed by atoms with van der Waals surface area (Å²) in [5.74, 6) is 1.44. The molecule has 1 fully saturated rings. The molecule has 0 radical (unpaired) electrons. The first-order valence-corrected chi connectivity index (χ1v) is 12.4. The third kappa shape index (κ3) is 5.46. The van der Waals surface area contributed by atoms with Crippen LogP contribution in [-0.2, 0) is 24.0 Å². The molecular formula is C23H29N3O2S2. The van der Waals surface area contributed by atoms with Crippen LogP contribution in [0.15, 0.2) is 58.3 Å². The molecule has 1 aromatic carbocycles. The van der Waals surface area contributed by atoms with Crippen molar-refractivity contribution >= 4 is 22.3 Å². The van der Waals surface area contributed by atoms with Crippen molar-refractivity contribution in [2.45, 2.75) is 31.2 Å². The normalized spacial score (nSPS) is 21.4. The Labute approximate surface area is 185 Å². The number of benzene rings is 1. The zero-order valence-corrected chi connectivity index (χ0v) is 19.3. The first-order valence-electron chi connectivity index (χ1n) is 10.4. The fourth-order valence-corrected chi connectivity index (χ4v) is 5.70. The molecule has 160 valence electrons. The lowest BCUT2D eigenvalue weighted by Gasteiger charge is -2.33. The van der Waals surface area contributed by atoms with Crippen LogP contribution in [0.1, 0.15) is 24.0 Å². The summed E-state index contributed by atoms with van der Waals surface area (Å²) in [4.78, 5) is 8.09. The number of methoxy groups -OCH3 is 1. The maximum atomic E-state index is 12.8. The van der Waals surface area contributed by atoms with Gasteiger partial charge in [0.05, 0.1) is 24.2 Å². The quantitative estimate of drug-likeness (QED) is 0.648. The summed E-state index contributed by atoms with van der Waals surface area (Å²) in [6, 6.07) is 7.50. The zero-order valence-electron chi connectivity index (χ0n) is 17.6. The number of ether oxygens (including phenoxy) is 1. The number of hydrogen-bond acceptors (Lipinski definition) is 5. The molecule has 0 amide bonds. The van der Waals surface area contributed by atoms with Gasteiger partial charge in [0.2, 0.25) is 0 Å². The Kier molecular flexibility index (Phi) is 7.15. The van der Waals surface area contributed by atoms with Gasteiger partial charge in [0.15, 0.2) is 0 Å². The van der Waals surface area contributed by atoms with Crippen molar-refractivity contribution in [3.63, 3.8) is 0 Å². The summed E-state index contributed by atoms with van der Waals surface area (Å²) in [6.45, 7) is 6.53. The van der Waals surface area contributed by atoms with Gasteiger partial charge >= 0.3 is 0 Å². The molecule has 2 heterocycles. The summed E-state index contributed by atoms with van der Waals surface area (Å²) in [5, 5.41) is 3.36. The molecule has 0 spiro atoms. The second kappa shape index (κ2) is 10.0. The van der Waals surface area contributed by atoms with E-state index in [0.29, 0.717) is 5.92 Å². The van der Waals surface area contributed by atoms with Gasteiger partial charge in [-0.3, -0.25) is 4.90 Å². The minimum absolute atomic E-state index is 0.650. The molecule has 0 N–H and O–H groups in total. The number of allylic oxidation sites excluding steroid dienone is 4. The van der Waals surface area contributed by atoms with Gasteiger partial charge in [0.25, 0.3) is 0 Å². The Hall–Kier alpha value is -1.80. The number of hydrogen-bond donors (Lipinski definition) is 0. The molecular weight excluding hydrogens is 414 g/mol. The average molecular weight is 444 g/mol. The highest BCUT2D eigenvalue weighted by molar-refractivity contribution is 7.82. The maximum absolute atomic E-state index is 12.8. The SMILES string of the molecule is COc1ccc(S(=O)N2CCN(Cc3nc(CC4=CCC(C)C=C4)cs3)CC2)cc1. The number of rotatable bonds is 7. The molecule has 2 unspecified atom stereocenters. The smallest absolute Gasteiger partial charge is 0.127 e. The highest BCUT2D eigenvalue weighted by atomic mass is 32.2. The summed E-state index contributed by atoms with van der Waals surface area (Å²) in [7, 11) is 0.521. The second-order valence-corrected chi connectivity index (χ2v) is 10.3. The van der Waals surface area contributed by atoms with Gasteiger partial charge in [-0.25, -0.2) is 13.5 Å². The maximum Gasteiger partial charge on any atom is 0.127 e. The van der Waals surface area contributed by atoms with Crippen molar-refractivity contribution in [3.05, 3.63) is 64.1 Å². The van der Waals surface area contributed by atoms with E-state index in [0.717, 1.165) is 56.2 Å². The van der Waals surface area contributed by atoms with E-state index in [-0.39, 0.29) is 0 Å². The lowest BCUT2D eigenvalue weighted by Crippen LogP contribution is -2.46. The molecule has 4 rings (SSSR count). The van der Waals surface area contributed by atoms with Crippen molar-refractivity contribution < 1.29 is 8.95 Å². The molecule has 2 atom stereocenters. The summed E-state index contributed by atoms with van der Waals surface area (Å²) in [5.41, 5.74) is 2.54. The molecule has 1 saturated heterocycles. The second-order valence-electron chi connectivity index (χ2n) is 7.89. The van der Waals surface area contributed by atoms with Crippen LogP contribution in [-0.4, -0.2) is 51.7 Å².